The third-order valence-corrected chi connectivity index (χ3v) is 5.78. The van der Waals surface area contributed by atoms with E-state index in [1.807, 2.05) is 126 Å². The minimum atomic E-state index is -0.402. The molecule has 0 N–H and O–H groups in total. The minimum Gasteiger partial charge on any atom is -0.294 e. The topological polar surface area (TPSA) is 35.9 Å². The zero-order chi connectivity index (χ0) is 22.5. The number of amides is 2. The summed E-state index contributed by atoms with van der Waals surface area (Å²) < 4.78 is 0. The zero-order valence-corrected chi connectivity index (χ0v) is 18.3. The maximum atomic E-state index is 14.1. The molecule has 0 aliphatic carbocycles. The number of nitrogens with zero attached hydrogens (tertiary/aromatic N) is 3. The van der Waals surface area contributed by atoms with Crippen LogP contribution in [-0.4, -0.2) is 21.7 Å². The quantitative estimate of drug-likeness (QED) is 0.354. The van der Waals surface area contributed by atoms with Crippen molar-refractivity contribution in [3.63, 3.8) is 0 Å². The predicted molar refractivity (Wildman–Crippen MR) is 132 cm³/mol. The molecule has 4 aromatic carbocycles. The van der Waals surface area contributed by atoms with Crippen molar-refractivity contribution < 1.29 is 4.79 Å². The van der Waals surface area contributed by atoms with Gasteiger partial charge in [-0.1, -0.05) is 121 Å². The van der Waals surface area contributed by atoms with Gasteiger partial charge in [0.1, 0.15) is 5.84 Å². The fourth-order valence-electron chi connectivity index (χ4n) is 4.15. The van der Waals surface area contributed by atoms with E-state index >= 15 is 0 Å². The van der Waals surface area contributed by atoms with E-state index < -0.39 is 6.17 Å². The van der Waals surface area contributed by atoms with Crippen molar-refractivity contribution in [3.05, 3.63) is 144 Å². The highest BCUT2D eigenvalue weighted by Crippen LogP contribution is 2.32. The normalized spacial score (nSPS) is 15.9. The maximum absolute atomic E-state index is 14.1. The highest BCUT2D eigenvalue weighted by molar-refractivity contribution is 6.08. The first-order valence-electron chi connectivity index (χ1n) is 11.1. The number of amidine groups is 1. The van der Waals surface area contributed by atoms with Crippen molar-refractivity contribution in [3.8, 4) is 0 Å². The summed E-state index contributed by atoms with van der Waals surface area (Å²) >= 11 is 0. The molecule has 0 spiro atoms. The first kappa shape index (κ1) is 20.7. The summed E-state index contributed by atoms with van der Waals surface area (Å²) in [5.74, 6) is 0.697. The summed E-state index contributed by atoms with van der Waals surface area (Å²) in [5, 5.41) is 0. The fourth-order valence-corrected chi connectivity index (χ4v) is 4.15. The molecule has 4 nitrogen and oxygen atoms in total. The van der Waals surface area contributed by atoms with E-state index in [4.69, 9.17) is 4.99 Å². The second-order valence-corrected chi connectivity index (χ2v) is 8.07. The Hall–Kier alpha value is -4.18. The van der Waals surface area contributed by atoms with Gasteiger partial charge in [-0.2, -0.15) is 0 Å². The number of hydrogen-bond acceptors (Lipinski definition) is 2. The highest BCUT2D eigenvalue weighted by Gasteiger charge is 2.36. The lowest BCUT2D eigenvalue weighted by molar-refractivity contribution is 0.139. The van der Waals surface area contributed by atoms with Crippen molar-refractivity contribution in [2.75, 3.05) is 0 Å². The van der Waals surface area contributed by atoms with Crippen LogP contribution in [0.1, 0.15) is 28.4 Å². The van der Waals surface area contributed by atoms with Gasteiger partial charge < -0.3 is 0 Å². The van der Waals surface area contributed by atoms with Crippen LogP contribution < -0.4 is 0 Å². The van der Waals surface area contributed by atoms with Gasteiger partial charge in [0.25, 0.3) is 0 Å². The average Bonchev–Trinajstić information content (AvgIpc) is 2.89. The molecule has 0 aromatic heterocycles. The smallest absolute Gasteiger partial charge is 0.294 e. The van der Waals surface area contributed by atoms with Crippen molar-refractivity contribution in [1.29, 1.82) is 0 Å². The number of aliphatic imine (C=N–C) groups is 1. The second kappa shape index (κ2) is 9.53. The van der Waals surface area contributed by atoms with Crippen LogP contribution in [0.15, 0.2) is 126 Å². The minimum absolute atomic E-state index is 0.0505. The Labute approximate surface area is 194 Å². The Balaban J connectivity index is 1.62. The maximum Gasteiger partial charge on any atom is 0.328 e. The number of carbonyl (C=O) groups excluding carboxylic acids is 1. The second-order valence-electron chi connectivity index (χ2n) is 8.07. The molecule has 0 saturated heterocycles. The molecule has 1 atom stereocenters. The number of hydrogen-bond donors (Lipinski definition) is 0. The standard InChI is InChI=1S/C29H25N3O/c33-29-31(21-23-13-5-1-6-14-23)27(25-17-9-3-10-18-25)30-28(26-19-11-4-12-20-26)32(29)22-24-15-7-2-8-16-24/h1-20,27H,21-22H2. The van der Waals surface area contributed by atoms with Gasteiger partial charge in [0.15, 0.2) is 6.17 Å². The first-order chi connectivity index (χ1) is 16.3. The van der Waals surface area contributed by atoms with Crippen molar-refractivity contribution in [2.24, 2.45) is 4.99 Å². The Morgan fingerprint density at radius 2 is 1.09 bits per heavy atom. The van der Waals surface area contributed by atoms with E-state index in [0.717, 1.165) is 22.3 Å². The molecule has 1 heterocycles. The zero-order valence-electron chi connectivity index (χ0n) is 18.3. The Morgan fingerprint density at radius 3 is 1.67 bits per heavy atom. The Kier molecular flexibility index (Phi) is 5.98. The van der Waals surface area contributed by atoms with Crippen molar-refractivity contribution in [2.45, 2.75) is 19.3 Å². The van der Waals surface area contributed by atoms with Crippen molar-refractivity contribution >= 4 is 11.9 Å². The van der Waals surface area contributed by atoms with E-state index in [1.165, 1.54) is 0 Å². The lowest BCUT2D eigenvalue weighted by Crippen LogP contribution is -2.51. The third-order valence-electron chi connectivity index (χ3n) is 5.78. The largest absolute Gasteiger partial charge is 0.328 e. The molecular formula is C29H25N3O. The molecule has 1 unspecified atom stereocenters. The summed E-state index contributed by atoms with van der Waals surface area (Å²) in [6.07, 6.45) is -0.402. The Bertz CT molecular complexity index is 1230. The average molecular weight is 432 g/mol. The number of urea groups is 1. The highest BCUT2D eigenvalue weighted by atomic mass is 16.2. The van der Waals surface area contributed by atoms with E-state index in [9.17, 15) is 4.79 Å². The van der Waals surface area contributed by atoms with Gasteiger partial charge in [0.05, 0.1) is 6.54 Å². The van der Waals surface area contributed by atoms with Crippen LogP contribution >= 0.6 is 0 Å². The summed E-state index contributed by atoms with van der Waals surface area (Å²) in [4.78, 5) is 22.9. The molecule has 4 heteroatoms. The molecule has 0 radical (unpaired) electrons. The van der Waals surface area contributed by atoms with Crippen molar-refractivity contribution in [1.82, 2.24) is 9.80 Å². The van der Waals surface area contributed by atoms with Crippen LogP contribution in [0.25, 0.3) is 0 Å². The van der Waals surface area contributed by atoms with Gasteiger partial charge in [-0.3, -0.25) is 9.80 Å². The van der Waals surface area contributed by atoms with E-state index in [2.05, 4.69) is 0 Å². The molecule has 162 valence electrons. The van der Waals surface area contributed by atoms with Crippen LogP contribution in [0, 0.1) is 0 Å². The van der Waals surface area contributed by atoms with Gasteiger partial charge in [0.2, 0.25) is 0 Å². The molecule has 0 saturated carbocycles. The van der Waals surface area contributed by atoms with Gasteiger partial charge >= 0.3 is 6.03 Å². The molecule has 0 bridgehead atoms. The van der Waals surface area contributed by atoms with Gasteiger partial charge in [-0.25, -0.2) is 9.79 Å². The third kappa shape index (κ3) is 4.55. The van der Waals surface area contributed by atoms with Crippen LogP contribution in [0.2, 0.25) is 0 Å². The first-order valence-corrected chi connectivity index (χ1v) is 11.1. The molecular weight excluding hydrogens is 406 g/mol. The molecule has 0 fully saturated rings. The molecule has 4 aromatic rings. The monoisotopic (exact) mass is 431 g/mol. The van der Waals surface area contributed by atoms with E-state index in [-0.39, 0.29) is 6.03 Å². The van der Waals surface area contributed by atoms with E-state index in [1.54, 1.807) is 4.90 Å². The number of benzene rings is 4. The summed E-state index contributed by atoms with van der Waals surface area (Å²) in [5.41, 5.74) is 4.06. The van der Waals surface area contributed by atoms with Crippen LogP contribution in [0.4, 0.5) is 4.79 Å². The molecule has 5 rings (SSSR count). The summed E-state index contributed by atoms with van der Waals surface area (Å²) in [6, 6.07) is 40.1. The predicted octanol–water partition coefficient (Wildman–Crippen LogP) is 6.27. The van der Waals surface area contributed by atoms with Crippen LogP contribution in [-0.2, 0) is 13.1 Å². The molecule has 1 aliphatic heterocycles. The summed E-state index contributed by atoms with van der Waals surface area (Å²) in [6.45, 7) is 0.941. The van der Waals surface area contributed by atoms with Gasteiger partial charge in [0, 0.05) is 12.1 Å². The fraction of sp³-hybridized carbons (Fsp3) is 0.103. The molecule has 2 amide bonds. The Morgan fingerprint density at radius 1 is 0.606 bits per heavy atom. The van der Waals surface area contributed by atoms with Crippen LogP contribution in [0.3, 0.4) is 0 Å². The lowest BCUT2D eigenvalue weighted by atomic mass is 10.1. The van der Waals surface area contributed by atoms with Gasteiger partial charge in [-0.05, 0) is 16.7 Å². The number of rotatable bonds is 6. The van der Waals surface area contributed by atoms with Crippen LogP contribution in [0.5, 0.6) is 0 Å². The lowest BCUT2D eigenvalue weighted by Gasteiger charge is -2.40. The van der Waals surface area contributed by atoms with E-state index in [0.29, 0.717) is 18.9 Å². The SMILES string of the molecule is O=C1N(Cc2ccccc2)C(c2ccccc2)=NC(c2ccccc2)N1Cc1ccccc1. The summed E-state index contributed by atoms with van der Waals surface area (Å²) in [7, 11) is 0. The van der Waals surface area contributed by atoms with Gasteiger partial charge in [-0.15, -0.1) is 0 Å². The molecule has 1 aliphatic rings. The molecule has 33 heavy (non-hydrogen) atoms. The number of carbonyl (C=O) groups is 1.